The van der Waals surface area contributed by atoms with Crippen LogP contribution in [0.25, 0.3) is 0 Å². The molecule has 2 amide bonds. The Hall–Kier alpha value is -1.72. The Kier molecular flexibility index (Phi) is 4.55. The monoisotopic (exact) mass is 336 g/mol. The molecule has 0 aliphatic carbocycles. The molecule has 2 aromatic carbocycles. The smallest absolute Gasteiger partial charge is 0.308 e. The number of hydrogen-bond acceptors (Lipinski definition) is 2. The first-order chi connectivity index (χ1) is 10.6. The molecule has 0 saturated carbocycles. The number of urea groups is 1. The van der Waals surface area contributed by atoms with Crippen LogP contribution in [0.5, 0.6) is 0 Å². The zero-order valence-electron chi connectivity index (χ0n) is 11.6. The fourth-order valence-corrected chi connectivity index (χ4v) is 3.79. The molecule has 1 atom stereocenters. The van der Waals surface area contributed by atoms with Crippen molar-refractivity contribution >= 4 is 35.1 Å². The van der Waals surface area contributed by atoms with Gasteiger partial charge in [-0.25, -0.2) is 9.18 Å². The second kappa shape index (κ2) is 6.58. The molecule has 1 saturated heterocycles. The highest BCUT2D eigenvalue weighted by atomic mass is 35.5. The molecule has 22 heavy (non-hydrogen) atoms. The lowest BCUT2D eigenvalue weighted by atomic mass is 10.2. The summed E-state index contributed by atoms with van der Waals surface area (Å²) < 4.78 is 13.0. The number of nitrogens with one attached hydrogen (secondary N) is 1. The van der Waals surface area contributed by atoms with E-state index in [1.54, 1.807) is 53.1 Å². The number of nitrogens with zero attached hydrogens (tertiary/aromatic N) is 1. The molecule has 1 aliphatic heterocycles. The third-order valence-electron chi connectivity index (χ3n) is 3.38. The van der Waals surface area contributed by atoms with Crippen molar-refractivity contribution in [3.05, 3.63) is 64.9 Å². The average molecular weight is 337 g/mol. The zero-order chi connectivity index (χ0) is 15.5. The van der Waals surface area contributed by atoms with Gasteiger partial charge in [-0.15, -0.1) is 11.8 Å². The number of halogens is 2. The van der Waals surface area contributed by atoms with Crippen molar-refractivity contribution in [2.45, 2.75) is 5.37 Å². The minimum atomic E-state index is -0.276. The van der Waals surface area contributed by atoms with Crippen molar-refractivity contribution in [1.29, 1.82) is 0 Å². The number of benzene rings is 2. The number of thioether (sulfide) groups is 1. The first-order valence-corrected chi connectivity index (χ1v) is 8.26. The maximum absolute atomic E-state index is 13.0. The number of anilines is 1. The van der Waals surface area contributed by atoms with Crippen LogP contribution < -0.4 is 5.32 Å². The van der Waals surface area contributed by atoms with Gasteiger partial charge in [0.1, 0.15) is 11.2 Å². The van der Waals surface area contributed by atoms with Crippen LogP contribution in [0.2, 0.25) is 5.02 Å². The van der Waals surface area contributed by atoms with E-state index in [0.717, 1.165) is 11.3 Å². The molecular weight excluding hydrogens is 323 g/mol. The van der Waals surface area contributed by atoms with Crippen LogP contribution in [0, 0.1) is 5.82 Å². The van der Waals surface area contributed by atoms with Crippen LogP contribution >= 0.6 is 23.4 Å². The largest absolute Gasteiger partial charge is 0.323 e. The highest BCUT2D eigenvalue weighted by Crippen LogP contribution is 2.38. The van der Waals surface area contributed by atoms with Gasteiger partial charge in [-0.1, -0.05) is 29.8 Å². The van der Waals surface area contributed by atoms with E-state index in [1.807, 2.05) is 0 Å². The number of carbonyl (C=O) groups is 1. The first kappa shape index (κ1) is 15.2. The van der Waals surface area contributed by atoms with E-state index in [0.29, 0.717) is 17.3 Å². The standard InChI is InChI=1S/C16H14ClFN2OS/c17-12-2-1-3-14(10-12)19-16(21)20-8-9-22-15(20)11-4-6-13(18)7-5-11/h1-7,10,15H,8-9H2,(H,19,21). The fraction of sp³-hybridized carbons (Fsp3) is 0.188. The van der Waals surface area contributed by atoms with E-state index >= 15 is 0 Å². The fourth-order valence-electron chi connectivity index (χ4n) is 2.34. The van der Waals surface area contributed by atoms with Crippen molar-refractivity contribution in [3.63, 3.8) is 0 Å². The zero-order valence-corrected chi connectivity index (χ0v) is 13.2. The maximum Gasteiger partial charge on any atom is 0.323 e. The molecule has 1 unspecified atom stereocenters. The summed E-state index contributed by atoms with van der Waals surface area (Å²) in [6.07, 6.45) is 0. The Bertz CT molecular complexity index is 680. The lowest BCUT2D eigenvalue weighted by molar-refractivity contribution is 0.214. The van der Waals surface area contributed by atoms with E-state index in [2.05, 4.69) is 5.32 Å². The molecule has 1 N–H and O–H groups in total. The predicted molar refractivity (Wildman–Crippen MR) is 88.8 cm³/mol. The first-order valence-electron chi connectivity index (χ1n) is 6.84. The van der Waals surface area contributed by atoms with Gasteiger partial charge in [0.05, 0.1) is 0 Å². The van der Waals surface area contributed by atoms with E-state index in [9.17, 15) is 9.18 Å². The molecule has 3 nitrogen and oxygen atoms in total. The summed E-state index contributed by atoms with van der Waals surface area (Å²) >= 11 is 7.59. The summed E-state index contributed by atoms with van der Waals surface area (Å²) in [6.45, 7) is 0.652. The molecule has 2 aromatic rings. The van der Waals surface area contributed by atoms with Gasteiger partial charge in [-0.05, 0) is 35.9 Å². The van der Waals surface area contributed by atoms with Crippen LogP contribution in [0.1, 0.15) is 10.9 Å². The van der Waals surface area contributed by atoms with Gasteiger partial charge >= 0.3 is 6.03 Å². The lowest BCUT2D eigenvalue weighted by Gasteiger charge is -2.24. The van der Waals surface area contributed by atoms with Crippen molar-refractivity contribution in [2.24, 2.45) is 0 Å². The average Bonchev–Trinajstić information content (AvgIpc) is 2.97. The molecule has 1 fully saturated rings. The van der Waals surface area contributed by atoms with E-state index < -0.39 is 0 Å². The molecule has 3 rings (SSSR count). The highest BCUT2D eigenvalue weighted by molar-refractivity contribution is 7.99. The molecule has 1 aliphatic rings. The Morgan fingerprint density at radius 1 is 1.27 bits per heavy atom. The van der Waals surface area contributed by atoms with E-state index in [-0.39, 0.29) is 17.2 Å². The summed E-state index contributed by atoms with van der Waals surface area (Å²) in [4.78, 5) is 14.2. The van der Waals surface area contributed by atoms with Crippen molar-refractivity contribution in [1.82, 2.24) is 4.90 Å². The normalized spacial score (nSPS) is 17.5. The van der Waals surface area contributed by atoms with Crippen molar-refractivity contribution in [2.75, 3.05) is 17.6 Å². The van der Waals surface area contributed by atoms with Gasteiger partial charge < -0.3 is 10.2 Å². The van der Waals surface area contributed by atoms with Gasteiger partial charge in [-0.2, -0.15) is 0 Å². The number of carbonyl (C=O) groups excluding carboxylic acids is 1. The maximum atomic E-state index is 13.0. The molecule has 6 heteroatoms. The minimum Gasteiger partial charge on any atom is -0.308 e. The second-order valence-electron chi connectivity index (χ2n) is 4.91. The van der Waals surface area contributed by atoms with Crippen LogP contribution in [-0.2, 0) is 0 Å². The van der Waals surface area contributed by atoms with Crippen LogP contribution in [0.3, 0.4) is 0 Å². The SMILES string of the molecule is O=C(Nc1cccc(Cl)c1)N1CCSC1c1ccc(F)cc1. The number of amides is 2. The van der Waals surface area contributed by atoms with E-state index in [4.69, 9.17) is 11.6 Å². The number of hydrogen-bond donors (Lipinski definition) is 1. The predicted octanol–water partition coefficient (Wildman–Crippen LogP) is 4.76. The second-order valence-corrected chi connectivity index (χ2v) is 6.53. The summed E-state index contributed by atoms with van der Waals surface area (Å²) in [7, 11) is 0. The van der Waals surface area contributed by atoms with Crippen LogP contribution in [0.4, 0.5) is 14.9 Å². The van der Waals surface area contributed by atoms with Crippen molar-refractivity contribution < 1.29 is 9.18 Å². The number of rotatable bonds is 2. The van der Waals surface area contributed by atoms with Gasteiger partial charge in [-0.3, -0.25) is 0 Å². The van der Waals surface area contributed by atoms with Crippen LogP contribution in [0.15, 0.2) is 48.5 Å². The Morgan fingerprint density at radius 2 is 2.05 bits per heavy atom. The van der Waals surface area contributed by atoms with Gasteiger partial charge in [0.15, 0.2) is 0 Å². The van der Waals surface area contributed by atoms with E-state index in [1.165, 1.54) is 12.1 Å². The third kappa shape index (κ3) is 3.36. The molecule has 0 spiro atoms. The minimum absolute atomic E-state index is 0.0974. The summed E-state index contributed by atoms with van der Waals surface area (Å²) in [6, 6.07) is 13.1. The van der Waals surface area contributed by atoms with Gasteiger partial charge in [0.25, 0.3) is 0 Å². The topological polar surface area (TPSA) is 32.3 Å². The molecule has 0 radical (unpaired) electrons. The lowest BCUT2D eigenvalue weighted by Crippen LogP contribution is -2.34. The highest BCUT2D eigenvalue weighted by Gasteiger charge is 2.30. The molecule has 1 heterocycles. The summed E-state index contributed by atoms with van der Waals surface area (Å²) in [5, 5.41) is 3.33. The molecule has 0 aromatic heterocycles. The van der Waals surface area contributed by atoms with Gasteiger partial charge in [0.2, 0.25) is 0 Å². The van der Waals surface area contributed by atoms with Gasteiger partial charge in [0, 0.05) is 23.0 Å². The summed E-state index contributed by atoms with van der Waals surface area (Å²) in [5.74, 6) is 0.576. The Balaban J connectivity index is 1.75. The van der Waals surface area contributed by atoms with Crippen molar-refractivity contribution in [3.8, 4) is 0 Å². The Labute approximate surface area is 137 Å². The molecule has 0 bridgehead atoms. The molecule has 114 valence electrons. The summed E-state index contributed by atoms with van der Waals surface area (Å²) in [5.41, 5.74) is 1.58. The quantitative estimate of drug-likeness (QED) is 0.857. The third-order valence-corrected chi connectivity index (χ3v) is 4.88. The Morgan fingerprint density at radius 3 is 2.77 bits per heavy atom. The molecular formula is C16H14ClFN2OS. The van der Waals surface area contributed by atoms with Crippen LogP contribution in [-0.4, -0.2) is 23.2 Å².